The van der Waals surface area contributed by atoms with Gasteiger partial charge in [-0.1, -0.05) is 18.2 Å². The normalized spacial score (nSPS) is 31.2. The molecule has 16 atom stereocenters. The van der Waals surface area contributed by atoms with Crippen LogP contribution in [0.15, 0.2) is 90.7 Å². The van der Waals surface area contributed by atoms with Gasteiger partial charge in [-0.15, -0.1) is 0 Å². The van der Waals surface area contributed by atoms with E-state index in [0.717, 1.165) is 36.4 Å². The molecule has 414 valence electrons. The summed E-state index contributed by atoms with van der Waals surface area (Å²) < 4.78 is 51.1. The number of aromatic hydroxyl groups is 7. The van der Waals surface area contributed by atoms with E-state index in [9.17, 15) is 86.2 Å². The summed E-state index contributed by atoms with van der Waals surface area (Å²) in [4.78, 5) is 25.6. The van der Waals surface area contributed by atoms with E-state index >= 15 is 0 Å². The van der Waals surface area contributed by atoms with Crippen molar-refractivity contribution >= 4 is 30.2 Å². The minimum atomic E-state index is -2.15. The van der Waals surface area contributed by atoms with E-state index in [1.807, 2.05) is 0 Å². The van der Waals surface area contributed by atoms with Crippen LogP contribution in [-0.4, -0.2) is 205 Å². The lowest BCUT2D eigenvalue weighted by Gasteiger charge is -2.46. The number of hydrogen-bond acceptors (Lipinski definition) is 25. The van der Waals surface area contributed by atoms with E-state index in [0.29, 0.717) is 5.56 Å². The molecule has 26 nitrogen and oxygen atoms in total. The lowest BCUT2D eigenvalue weighted by Crippen LogP contribution is -2.64. The molecular weight excluding hydrogens is 1030 g/mol. The Morgan fingerprint density at radius 2 is 1.08 bits per heavy atom. The van der Waals surface area contributed by atoms with Crippen molar-refractivity contribution < 1.29 is 129 Å². The SMILES string of the molecule is O=C(/C=C/c1ccc(O)c(O)c1)OC[C@@H]1O[C@@H](OC2=Cc3c(O[C@@H]4O[C@@H](CO)[C@@H](O)[C@H](O)[C@H]4O)cc(O)cc3[OH+]C2c2ccc(O)c(O)c2)[C@@H](O[C@@H]2O[C@H](COC(=O)/C=C/c3ccc(O)cc3)[C@@H](O)[C@H](O)[C@H]2O)[C@@H](O)[C@@H]1O. The topological polar surface area (TPSA) is 424 Å². The van der Waals surface area contributed by atoms with Crippen LogP contribution in [0, 0.1) is 0 Å². The van der Waals surface area contributed by atoms with Gasteiger partial charge in [0.2, 0.25) is 12.6 Å². The summed E-state index contributed by atoms with van der Waals surface area (Å²) in [7, 11) is 0. The van der Waals surface area contributed by atoms with Crippen LogP contribution < -0.4 is 4.74 Å². The van der Waals surface area contributed by atoms with Crippen molar-refractivity contribution in [3.8, 4) is 46.0 Å². The second kappa shape index (κ2) is 23.9. The van der Waals surface area contributed by atoms with E-state index in [4.69, 9.17) is 37.9 Å². The van der Waals surface area contributed by atoms with E-state index in [1.165, 1.54) is 66.8 Å². The maximum Gasteiger partial charge on any atom is 0.330 e. The molecule has 77 heavy (non-hydrogen) atoms. The zero-order chi connectivity index (χ0) is 55.4. The third-order valence-corrected chi connectivity index (χ3v) is 12.7. The number of esters is 2. The van der Waals surface area contributed by atoms with E-state index in [1.54, 1.807) is 0 Å². The van der Waals surface area contributed by atoms with Crippen LogP contribution in [0.2, 0.25) is 0 Å². The second-order valence-corrected chi connectivity index (χ2v) is 18.0. The van der Waals surface area contributed by atoms with Gasteiger partial charge >= 0.3 is 11.9 Å². The van der Waals surface area contributed by atoms with Crippen molar-refractivity contribution in [3.63, 3.8) is 0 Å². The number of aliphatic hydroxyl groups excluding tert-OH is 9. The highest BCUT2D eigenvalue weighted by atomic mass is 16.8. The van der Waals surface area contributed by atoms with Crippen LogP contribution in [0.4, 0.5) is 0 Å². The van der Waals surface area contributed by atoms with Crippen molar-refractivity contribution in [1.82, 2.24) is 0 Å². The van der Waals surface area contributed by atoms with E-state index < -0.39 is 159 Å². The van der Waals surface area contributed by atoms with Gasteiger partial charge in [-0.3, -0.25) is 0 Å². The first-order valence-electron chi connectivity index (χ1n) is 23.5. The molecule has 3 fully saturated rings. The Kier molecular flexibility index (Phi) is 17.4. The van der Waals surface area contributed by atoms with E-state index in [-0.39, 0.29) is 39.7 Å². The molecule has 4 aromatic rings. The second-order valence-electron chi connectivity index (χ2n) is 18.0. The number of rotatable bonds is 16. The fourth-order valence-corrected chi connectivity index (χ4v) is 8.43. The van der Waals surface area contributed by atoms with Crippen LogP contribution >= 0.6 is 0 Å². The summed E-state index contributed by atoms with van der Waals surface area (Å²) >= 11 is 0. The molecule has 4 aliphatic rings. The standard InChI is InChI=1S/C51H54O26/c52-18-34-39(61)42(64)45(67)49(74-34)72-32-16-25(54)15-31-26(32)17-33(47(71-31)23-6-10-28(56)30(58)14-23)73-51-48(44(66)41(63)36(76-51)20-70-38(60)12-5-22-3-9-27(55)29(57)13-22)77-50-46(68)43(65)40(62)35(75-50)19-69-37(59)11-4-21-1-7-24(53)8-2-21/h1-17,34-36,39-58,61-68H,18-20H2/p+1/b11-4+,12-5+/t34-,35+,36-,39+,40+,41+,42-,43-,44-,45+,46+,47?,48-,49+,50-,51+/m0/s1. The number of benzene rings is 4. The van der Waals surface area contributed by atoms with Crippen molar-refractivity contribution in [1.29, 1.82) is 0 Å². The first-order chi connectivity index (χ1) is 36.7. The number of phenolic OH excluding ortho intramolecular Hbond substituents is 6. The minimum absolute atomic E-state index is 0.0169. The molecule has 0 aliphatic carbocycles. The lowest BCUT2D eigenvalue weighted by atomic mass is 9.97. The smallest absolute Gasteiger partial charge is 0.330 e. The fraction of sp³-hybridized carbons (Fsp3) is 0.373. The first-order valence-corrected chi connectivity index (χ1v) is 23.5. The summed E-state index contributed by atoms with van der Waals surface area (Å²) in [6.45, 7) is -2.37. The number of carbonyl (C=O) groups excluding carboxylic acids is 2. The van der Waals surface area contributed by atoms with Crippen LogP contribution in [0.1, 0.15) is 28.4 Å². The summed E-state index contributed by atoms with van der Waals surface area (Å²) in [5.74, 6) is -5.21. The Bertz CT molecular complexity index is 2820. The van der Waals surface area contributed by atoms with Crippen LogP contribution in [0.3, 0.4) is 0 Å². The van der Waals surface area contributed by atoms with Gasteiger partial charge in [0, 0.05) is 24.3 Å². The van der Waals surface area contributed by atoms with Gasteiger partial charge in [-0.2, -0.15) is 0 Å². The average Bonchev–Trinajstić information content (AvgIpc) is 3.41. The molecule has 0 bridgehead atoms. The molecule has 0 amide bonds. The molecule has 26 heteroatoms. The monoisotopic (exact) mass is 1080 g/mol. The maximum absolute atomic E-state index is 13.0. The van der Waals surface area contributed by atoms with Crippen molar-refractivity contribution in [2.75, 3.05) is 19.8 Å². The van der Waals surface area contributed by atoms with Crippen LogP contribution in [-0.2, 0) is 42.7 Å². The zero-order valence-electron chi connectivity index (χ0n) is 39.9. The highest BCUT2D eigenvalue weighted by Gasteiger charge is 2.53. The molecule has 1 unspecified atom stereocenters. The lowest BCUT2D eigenvalue weighted by molar-refractivity contribution is -0.364. The molecule has 4 heterocycles. The Balaban J connectivity index is 1.11. The van der Waals surface area contributed by atoms with Gasteiger partial charge in [0.15, 0.2) is 41.2 Å². The van der Waals surface area contributed by atoms with Crippen LogP contribution in [0.25, 0.3) is 18.2 Å². The number of fused-ring (bicyclic) bond motifs is 1. The van der Waals surface area contributed by atoms with E-state index in [2.05, 4.69) is 4.74 Å². The van der Waals surface area contributed by atoms with Crippen molar-refractivity contribution in [2.24, 2.45) is 0 Å². The van der Waals surface area contributed by atoms with Crippen molar-refractivity contribution in [3.05, 3.63) is 113 Å². The molecule has 4 aromatic carbocycles. The zero-order valence-corrected chi connectivity index (χ0v) is 39.9. The quantitative estimate of drug-likeness (QED) is 0.0266. The summed E-state index contributed by atoms with van der Waals surface area (Å²) in [6.07, 6.45) is -24.1. The number of phenols is 6. The molecular formula is C51H55O26+. The Morgan fingerprint density at radius 3 is 1.70 bits per heavy atom. The minimum Gasteiger partial charge on any atom is -0.571 e. The molecule has 0 saturated carbocycles. The molecule has 16 N–H and O–H groups in total. The van der Waals surface area contributed by atoms with Gasteiger partial charge in [0.25, 0.3) is 11.9 Å². The molecule has 8 rings (SSSR count). The van der Waals surface area contributed by atoms with Gasteiger partial charge in [0.1, 0.15) is 103 Å². The largest absolute Gasteiger partial charge is 0.571 e. The first kappa shape index (κ1) is 55.9. The van der Waals surface area contributed by atoms with Gasteiger partial charge in [-0.05, 0) is 65.7 Å². The Morgan fingerprint density at radius 1 is 0.532 bits per heavy atom. The van der Waals surface area contributed by atoms with Gasteiger partial charge < -0.3 is 119 Å². The summed E-state index contributed by atoms with van der Waals surface area (Å²) in [6, 6.07) is 15.2. The highest BCUT2D eigenvalue weighted by molar-refractivity contribution is 5.87. The predicted molar refractivity (Wildman–Crippen MR) is 256 cm³/mol. The van der Waals surface area contributed by atoms with Gasteiger partial charge in [-0.25, -0.2) is 9.59 Å². The Hall–Kier alpha value is -7.28. The van der Waals surface area contributed by atoms with Crippen LogP contribution in [0.5, 0.6) is 46.0 Å². The third kappa shape index (κ3) is 12.8. The van der Waals surface area contributed by atoms with Gasteiger partial charge in [0.05, 0.1) is 18.2 Å². The average molecular weight is 1080 g/mol. The molecule has 0 radical (unpaired) electrons. The van der Waals surface area contributed by atoms with Crippen molar-refractivity contribution in [2.45, 2.75) is 98.2 Å². The number of carbonyl (C=O) groups is 2. The Labute approximate surface area is 435 Å². The molecule has 0 spiro atoms. The number of hydrogen-bond donors (Lipinski definition) is 15. The summed E-state index contributed by atoms with van der Waals surface area (Å²) in [5.41, 5.74) is 0.807. The third-order valence-electron chi connectivity index (χ3n) is 12.7. The predicted octanol–water partition coefficient (Wildman–Crippen LogP) is -1.39. The maximum atomic E-state index is 13.0. The number of ether oxygens (including phenoxy) is 9. The molecule has 3 saturated heterocycles. The highest BCUT2D eigenvalue weighted by Crippen LogP contribution is 2.48. The molecule has 4 aliphatic heterocycles. The number of aliphatic hydroxyl groups is 10. The molecule has 0 aromatic heterocycles. The summed E-state index contributed by atoms with van der Waals surface area (Å²) in [5, 5.41) is 159. The fourth-order valence-electron chi connectivity index (χ4n) is 8.43.